The highest BCUT2D eigenvalue weighted by molar-refractivity contribution is 5.81. The van der Waals surface area contributed by atoms with Crippen LogP contribution in [-0.4, -0.2) is 18.6 Å². The highest BCUT2D eigenvalue weighted by atomic mass is 19.3. The summed E-state index contributed by atoms with van der Waals surface area (Å²) in [4.78, 5) is 12.4. The Bertz CT molecular complexity index is 679. The second kappa shape index (κ2) is 9.01. The van der Waals surface area contributed by atoms with Gasteiger partial charge in [-0.25, -0.2) is 0 Å². The summed E-state index contributed by atoms with van der Waals surface area (Å²) in [6.45, 7) is 0.568. The Kier molecular flexibility index (Phi) is 6.74. The van der Waals surface area contributed by atoms with Gasteiger partial charge in [-0.1, -0.05) is 43.3 Å². The third-order valence-electron chi connectivity index (χ3n) is 3.66. The number of rotatable bonds is 8. The second-order valence-electron chi connectivity index (χ2n) is 5.46. The number of carbonyl (C=O) groups excluding carboxylic acids is 1. The fourth-order valence-electron chi connectivity index (χ4n) is 2.42. The van der Waals surface area contributed by atoms with Crippen molar-refractivity contribution in [2.75, 3.05) is 0 Å². The zero-order valence-corrected chi connectivity index (χ0v) is 14.1. The number of amides is 1. The van der Waals surface area contributed by atoms with E-state index in [0.29, 0.717) is 17.7 Å². The third kappa shape index (κ3) is 5.45. The fraction of sp³-hybridized carbons (Fsp3) is 0.316. The summed E-state index contributed by atoms with van der Waals surface area (Å²) >= 11 is 0. The van der Waals surface area contributed by atoms with Crippen LogP contribution in [0, 0.1) is 0 Å². The van der Waals surface area contributed by atoms with E-state index >= 15 is 0 Å². The van der Waals surface area contributed by atoms with E-state index in [9.17, 15) is 13.6 Å². The van der Waals surface area contributed by atoms with Crippen molar-refractivity contribution >= 4 is 5.91 Å². The molecule has 25 heavy (non-hydrogen) atoms. The van der Waals surface area contributed by atoms with E-state index in [2.05, 4.69) is 10.1 Å². The van der Waals surface area contributed by atoms with Crippen molar-refractivity contribution in [1.29, 1.82) is 0 Å². The minimum Gasteiger partial charge on any atom is -0.481 e. The first-order chi connectivity index (χ1) is 12.0. The highest BCUT2D eigenvalue weighted by Crippen LogP contribution is 2.28. The van der Waals surface area contributed by atoms with Crippen molar-refractivity contribution in [3.63, 3.8) is 0 Å². The van der Waals surface area contributed by atoms with E-state index in [-0.39, 0.29) is 11.7 Å². The zero-order valence-electron chi connectivity index (χ0n) is 14.1. The van der Waals surface area contributed by atoms with Gasteiger partial charge in [0, 0.05) is 5.56 Å². The van der Waals surface area contributed by atoms with Crippen LogP contribution in [0.4, 0.5) is 8.78 Å². The van der Waals surface area contributed by atoms with Crippen LogP contribution in [0.3, 0.4) is 0 Å². The van der Waals surface area contributed by atoms with Crippen molar-refractivity contribution < 1.29 is 23.0 Å². The minimum absolute atomic E-state index is 0.0567. The van der Waals surface area contributed by atoms with Gasteiger partial charge in [0.15, 0.2) is 6.10 Å². The van der Waals surface area contributed by atoms with Crippen LogP contribution in [0.25, 0.3) is 0 Å². The molecule has 0 aliphatic rings. The lowest BCUT2D eigenvalue weighted by molar-refractivity contribution is -0.128. The van der Waals surface area contributed by atoms with Gasteiger partial charge in [0.25, 0.3) is 5.91 Å². The molecule has 0 saturated carbocycles. The molecule has 2 atom stereocenters. The molecular formula is C19H21F2NO3. The lowest BCUT2D eigenvalue weighted by Gasteiger charge is -2.22. The lowest BCUT2D eigenvalue weighted by Crippen LogP contribution is -2.38. The Morgan fingerprint density at radius 1 is 1.04 bits per heavy atom. The number of halogens is 2. The zero-order chi connectivity index (χ0) is 18.2. The number of para-hydroxylation sites is 2. The molecule has 1 N–H and O–H groups in total. The standard InChI is InChI=1S/C19H21F2NO3/c1-3-16(15-11-7-8-12-17(15)25-19(20)21)22-18(23)13(2)24-14-9-5-4-6-10-14/h4-13,16,19H,3H2,1-2H3,(H,22,23)/t13-,16-/m1/s1. The Morgan fingerprint density at radius 2 is 1.68 bits per heavy atom. The van der Waals surface area contributed by atoms with E-state index in [1.54, 1.807) is 37.3 Å². The van der Waals surface area contributed by atoms with Gasteiger partial charge in [0.05, 0.1) is 6.04 Å². The molecule has 1 amide bonds. The Balaban J connectivity index is 2.07. The van der Waals surface area contributed by atoms with Crippen molar-refractivity contribution in [3.8, 4) is 11.5 Å². The maximum Gasteiger partial charge on any atom is 0.387 e. The number of hydrogen-bond acceptors (Lipinski definition) is 3. The van der Waals surface area contributed by atoms with Crippen LogP contribution in [0.2, 0.25) is 0 Å². The molecule has 2 aromatic rings. The lowest BCUT2D eigenvalue weighted by atomic mass is 10.0. The normalized spacial score (nSPS) is 13.2. The summed E-state index contributed by atoms with van der Waals surface area (Å²) in [5, 5.41) is 2.83. The molecule has 0 radical (unpaired) electrons. The Hall–Kier alpha value is -2.63. The fourth-order valence-corrected chi connectivity index (χ4v) is 2.42. The number of alkyl halides is 2. The number of nitrogens with one attached hydrogen (secondary N) is 1. The second-order valence-corrected chi connectivity index (χ2v) is 5.46. The quantitative estimate of drug-likeness (QED) is 0.772. The van der Waals surface area contributed by atoms with E-state index in [0.717, 1.165) is 0 Å². The van der Waals surface area contributed by atoms with Gasteiger partial charge in [-0.15, -0.1) is 0 Å². The molecule has 0 aliphatic carbocycles. The van der Waals surface area contributed by atoms with Crippen LogP contribution < -0.4 is 14.8 Å². The third-order valence-corrected chi connectivity index (χ3v) is 3.66. The molecule has 0 heterocycles. The monoisotopic (exact) mass is 349 g/mol. The van der Waals surface area contributed by atoms with Crippen LogP contribution in [0.5, 0.6) is 11.5 Å². The van der Waals surface area contributed by atoms with Crippen LogP contribution in [0.1, 0.15) is 31.9 Å². The van der Waals surface area contributed by atoms with Gasteiger partial charge >= 0.3 is 6.61 Å². The number of carbonyl (C=O) groups is 1. The summed E-state index contributed by atoms with van der Waals surface area (Å²) in [7, 11) is 0. The largest absolute Gasteiger partial charge is 0.481 e. The van der Waals surface area contributed by atoms with E-state index < -0.39 is 18.8 Å². The topological polar surface area (TPSA) is 47.6 Å². The smallest absolute Gasteiger partial charge is 0.387 e. The average Bonchev–Trinajstić information content (AvgIpc) is 2.60. The first-order valence-corrected chi connectivity index (χ1v) is 8.07. The van der Waals surface area contributed by atoms with E-state index in [1.807, 2.05) is 25.1 Å². The van der Waals surface area contributed by atoms with Crippen LogP contribution in [0.15, 0.2) is 54.6 Å². The summed E-state index contributed by atoms with van der Waals surface area (Å²) in [6, 6.07) is 15.0. The Morgan fingerprint density at radius 3 is 2.32 bits per heavy atom. The van der Waals surface area contributed by atoms with Gasteiger partial charge in [-0.3, -0.25) is 4.79 Å². The predicted octanol–water partition coefficient (Wildman–Crippen LogP) is 4.32. The average molecular weight is 349 g/mol. The molecule has 6 heteroatoms. The predicted molar refractivity (Wildman–Crippen MR) is 90.8 cm³/mol. The minimum atomic E-state index is -2.92. The van der Waals surface area contributed by atoms with E-state index in [1.165, 1.54) is 6.07 Å². The van der Waals surface area contributed by atoms with Gasteiger partial charge in [-0.05, 0) is 31.5 Å². The Labute approximate surface area is 145 Å². The van der Waals surface area contributed by atoms with Crippen molar-refractivity contribution in [2.24, 2.45) is 0 Å². The van der Waals surface area contributed by atoms with Crippen LogP contribution >= 0.6 is 0 Å². The molecule has 0 unspecified atom stereocenters. The molecule has 0 aliphatic heterocycles. The molecule has 134 valence electrons. The van der Waals surface area contributed by atoms with Gasteiger partial charge < -0.3 is 14.8 Å². The van der Waals surface area contributed by atoms with Crippen LogP contribution in [-0.2, 0) is 4.79 Å². The number of hydrogen-bond donors (Lipinski definition) is 1. The van der Waals surface area contributed by atoms with E-state index in [4.69, 9.17) is 4.74 Å². The molecule has 0 aromatic heterocycles. The molecule has 2 aromatic carbocycles. The first kappa shape index (κ1) is 18.7. The SMILES string of the molecule is CC[C@@H](NC(=O)[C@@H](C)Oc1ccccc1)c1ccccc1OC(F)F. The molecule has 0 spiro atoms. The van der Waals surface area contributed by atoms with Gasteiger partial charge in [0.1, 0.15) is 11.5 Å². The molecule has 0 fully saturated rings. The summed E-state index contributed by atoms with van der Waals surface area (Å²) in [5.41, 5.74) is 0.505. The first-order valence-electron chi connectivity index (χ1n) is 8.07. The highest BCUT2D eigenvalue weighted by Gasteiger charge is 2.22. The van der Waals surface area contributed by atoms with Gasteiger partial charge in [-0.2, -0.15) is 8.78 Å². The maximum atomic E-state index is 12.6. The molecule has 4 nitrogen and oxygen atoms in total. The number of benzene rings is 2. The molecule has 0 bridgehead atoms. The summed E-state index contributed by atoms with van der Waals surface area (Å²) in [6.07, 6.45) is -0.201. The molecule has 2 rings (SSSR count). The van der Waals surface area contributed by atoms with Crippen molar-refractivity contribution in [1.82, 2.24) is 5.32 Å². The van der Waals surface area contributed by atoms with Gasteiger partial charge in [0.2, 0.25) is 0 Å². The number of ether oxygens (including phenoxy) is 2. The summed E-state index contributed by atoms with van der Waals surface area (Å²) < 4.78 is 35.3. The summed E-state index contributed by atoms with van der Waals surface area (Å²) in [5.74, 6) is 0.309. The van der Waals surface area contributed by atoms with Crippen molar-refractivity contribution in [2.45, 2.75) is 39.0 Å². The molecular weight excluding hydrogens is 328 g/mol. The maximum absolute atomic E-state index is 12.6. The molecule has 0 saturated heterocycles. The van der Waals surface area contributed by atoms with Crippen molar-refractivity contribution in [3.05, 3.63) is 60.2 Å².